The monoisotopic (exact) mass is 383 g/mol. The van der Waals surface area contributed by atoms with Crippen molar-refractivity contribution in [3.63, 3.8) is 0 Å². The second-order valence-corrected chi connectivity index (χ2v) is 6.30. The van der Waals surface area contributed by atoms with Gasteiger partial charge in [0.15, 0.2) is 0 Å². The molecule has 0 radical (unpaired) electrons. The number of rotatable bonds is 4. The SMILES string of the molecule is Cc1cnc(-c2cnc(C(F)(F)F)nc2)cc1CNC(=O)[C@H]1C[C@@H](F)CN1. The predicted molar refractivity (Wildman–Crippen MR) is 88.2 cm³/mol. The lowest BCUT2D eigenvalue weighted by molar-refractivity contribution is -0.145. The summed E-state index contributed by atoms with van der Waals surface area (Å²) in [5, 5.41) is 5.54. The van der Waals surface area contributed by atoms with Gasteiger partial charge in [0.05, 0.1) is 11.7 Å². The van der Waals surface area contributed by atoms with Gasteiger partial charge in [-0.3, -0.25) is 9.78 Å². The molecular weight excluding hydrogens is 366 g/mol. The number of hydrogen-bond acceptors (Lipinski definition) is 5. The van der Waals surface area contributed by atoms with E-state index in [1.807, 2.05) is 0 Å². The van der Waals surface area contributed by atoms with E-state index in [-0.39, 0.29) is 25.4 Å². The Kier molecular flexibility index (Phi) is 5.36. The molecule has 1 fully saturated rings. The molecule has 1 aliphatic heterocycles. The van der Waals surface area contributed by atoms with Gasteiger partial charge in [-0.15, -0.1) is 0 Å². The molecule has 2 N–H and O–H groups in total. The smallest absolute Gasteiger partial charge is 0.351 e. The summed E-state index contributed by atoms with van der Waals surface area (Å²) in [4.78, 5) is 22.9. The van der Waals surface area contributed by atoms with E-state index in [1.165, 1.54) is 0 Å². The van der Waals surface area contributed by atoms with Gasteiger partial charge in [-0.25, -0.2) is 14.4 Å². The summed E-state index contributed by atoms with van der Waals surface area (Å²) >= 11 is 0. The number of carbonyl (C=O) groups is 1. The molecule has 3 rings (SSSR count). The zero-order chi connectivity index (χ0) is 19.6. The lowest BCUT2D eigenvalue weighted by Gasteiger charge is -2.13. The van der Waals surface area contributed by atoms with E-state index < -0.39 is 24.2 Å². The van der Waals surface area contributed by atoms with E-state index in [0.29, 0.717) is 11.3 Å². The molecule has 2 aromatic rings. The Labute approximate surface area is 152 Å². The van der Waals surface area contributed by atoms with E-state index in [9.17, 15) is 22.4 Å². The summed E-state index contributed by atoms with van der Waals surface area (Å²) in [6.45, 7) is 2.15. The predicted octanol–water partition coefficient (Wildman–Crippen LogP) is 2.18. The number of alkyl halides is 4. The van der Waals surface area contributed by atoms with Gasteiger partial charge in [0, 0.05) is 43.7 Å². The van der Waals surface area contributed by atoms with Crippen LogP contribution in [0.1, 0.15) is 23.4 Å². The molecule has 10 heteroatoms. The number of nitrogens with one attached hydrogen (secondary N) is 2. The molecule has 2 atom stereocenters. The van der Waals surface area contributed by atoms with Crippen LogP contribution in [0.5, 0.6) is 0 Å². The van der Waals surface area contributed by atoms with Crippen LogP contribution in [0.25, 0.3) is 11.3 Å². The molecule has 0 spiro atoms. The molecule has 0 saturated carbocycles. The largest absolute Gasteiger partial charge is 0.451 e. The number of halogens is 4. The number of aryl methyl sites for hydroxylation is 1. The van der Waals surface area contributed by atoms with Crippen molar-refractivity contribution in [3.05, 3.63) is 41.6 Å². The van der Waals surface area contributed by atoms with Crippen LogP contribution in [0.3, 0.4) is 0 Å². The maximum Gasteiger partial charge on any atom is 0.451 e. The lowest BCUT2D eigenvalue weighted by atomic mass is 10.1. The highest BCUT2D eigenvalue weighted by atomic mass is 19.4. The van der Waals surface area contributed by atoms with Crippen molar-refractivity contribution in [1.29, 1.82) is 0 Å². The van der Waals surface area contributed by atoms with E-state index in [2.05, 4.69) is 25.6 Å². The fourth-order valence-electron chi connectivity index (χ4n) is 2.72. The minimum Gasteiger partial charge on any atom is -0.351 e. The van der Waals surface area contributed by atoms with Crippen LogP contribution in [0.4, 0.5) is 17.6 Å². The molecule has 144 valence electrons. The van der Waals surface area contributed by atoms with Crippen LogP contribution in [0.15, 0.2) is 24.7 Å². The molecule has 0 aliphatic carbocycles. The van der Waals surface area contributed by atoms with E-state index >= 15 is 0 Å². The Hall–Kier alpha value is -2.62. The first-order valence-electron chi connectivity index (χ1n) is 8.24. The Bertz CT molecular complexity index is 825. The van der Waals surface area contributed by atoms with Crippen LogP contribution in [0, 0.1) is 6.92 Å². The number of nitrogens with zero attached hydrogens (tertiary/aromatic N) is 3. The highest BCUT2D eigenvalue weighted by Gasteiger charge is 2.34. The third kappa shape index (κ3) is 4.57. The first kappa shape index (κ1) is 19.2. The number of hydrogen-bond donors (Lipinski definition) is 2. The first-order valence-corrected chi connectivity index (χ1v) is 8.24. The Morgan fingerprint density at radius 3 is 2.56 bits per heavy atom. The summed E-state index contributed by atoms with van der Waals surface area (Å²) in [7, 11) is 0. The molecule has 3 heterocycles. The number of carbonyl (C=O) groups excluding carboxylic acids is 1. The average Bonchev–Trinajstić information content (AvgIpc) is 3.07. The molecule has 27 heavy (non-hydrogen) atoms. The number of pyridine rings is 1. The van der Waals surface area contributed by atoms with Crippen molar-refractivity contribution in [3.8, 4) is 11.3 Å². The summed E-state index contributed by atoms with van der Waals surface area (Å²) in [5.74, 6) is -1.52. The van der Waals surface area contributed by atoms with Crippen molar-refractivity contribution < 1.29 is 22.4 Å². The van der Waals surface area contributed by atoms with Gasteiger partial charge in [-0.05, 0) is 24.1 Å². The molecule has 2 aromatic heterocycles. The van der Waals surface area contributed by atoms with Gasteiger partial charge in [-0.1, -0.05) is 0 Å². The second kappa shape index (κ2) is 7.55. The first-order chi connectivity index (χ1) is 12.7. The minimum absolute atomic E-state index is 0.134. The van der Waals surface area contributed by atoms with Gasteiger partial charge in [-0.2, -0.15) is 13.2 Å². The molecule has 0 unspecified atom stereocenters. The maximum absolute atomic E-state index is 13.2. The van der Waals surface area contributed by atoms with Crippen molar-refractivity contribution in [2.45, 2.75) is 38.3 Å². The molecule has 0 aromatic carbocycles. The lowest BCUT2D eigenvalue weighted by Crippen LogP contribution is -2.40. The van der Waals surface area contributed by atoms with Gasteiger partial charge in [0.2, 0.25) is 11.7 Å². The van der Waals surface area contributed by atoms with Crippen molar-refractivity contribution in [2.75, 3.05) is 6.54 Å². The van der Waals surface area contributed by atoms with Crippen LogP contribution in [-0.4, -0.2) is 39.6 Å². The van der Waals surface area contributed by atoms with Crippen molar-refractivity contribution in [1.82, 2.24) is 25.6 Å². The Morgan fingerprint density at radius 2 is 1.96 bits per heavy atom. The van der Waals surface area contributed by atoms with Crippen molar-refractivity contribution >= 4 is 5.91 Å². The maximum atomic E-state index is 13.2. The highest BCUT2D eigenvalue weighted by molar-refractivity contribution is 5.82. The molecular formula is C17H17F4N5O. The molecule has 0 bridgehead atoms. The quantitative estimate of drug-likeness (QED) is 0.792. The van der Waals surface area contributed by atoms with E-state index in [0.717, 1.165) is 23.5 Å². The standard InChI is InChI=1S/C17H17F4N5O/c1-9-4-22-13(11-6-25-16(26-7-11)17(19,20)21)2-10(9)5-24-15(27)14-3-12(18)8-23-14/h2,4,6-7,12,14,23H,3,5,8H2,1H3,(H,24,27)/t12-,14-/m1/s1. The van der Waals surface area contributed by atoms with E-state index in [4.69, 9.17) is 0 Å². The molecule has 1 aliphatic rings. The Balaban J connectivity index is 1.71. The number of amides is 1. The van der Waals surface area contributed by atoms with Crippen LogP contribution >= 0.6 is 0 Å². The summed E-state index contributed by atoms with van der Waals surface area (Å²) in [6.07, 6.45) is -1.84. The average molecular weight is 383 g/mol. The normalized spacial score (nSPS) is 19.9. The topological polar surface area (TPSA) is 79.8 Å². The minimum atomic E-state index is -4.61. The molecule has 6 nitrogen and oxygen atoms in total. The van der Waals surface area contributed by atoms with Gasteiger partial charge >= 0.3 is 6.18 Å². The highest BCUT2D eigenvalue weighted by Crippen LogP contribution is 2.27. The summed E-state index contributed by atoms with van der Waals surface area (Å²) < 4.78 is 50.8. The molecule has 1 saturated heterocycles. The van der Waals surface area contributed by atoms with Crippen LogP contribution in [0.2, 0.25) is 0 Å². The van der Waals surface area contributed by atoms with Crippen molar-refractivity contribution in [2.24, 2.45) is 0 Å². The van der Waals surface area contributed by atoms with Gasteiger partial charge in [0.1, 0.15) is 6.17 Å². The number of aromatic nitrogens is 3. The van der Waals surface area contributed by atoms with Crippen LogP contribution in [-0.2, 0) is 17.5 Å². The second-order valence-electron chi connectivity index (χ2n) is 6.30. The summed E-state index contributed by atoms with van der Waals surface area (Å²) in [5.41, 5.74) is 2.26. The zero-order valence-corrected chi connectivity index (χ0v) is 14.3. The third-order valence-corrected chi connectivity index (χ3v) is 4.26. The zero-order valence-electron chi connectivity index (χ0n) is 14.3. The van der Waals surface area contributed by atoms with E-state index in [1.54, 1.807) is 19.2 Å². The summed E-state index contributed by atoms with van der Waals surface area (Å²) in [6, 6.07) is 1.09. The van der Waals surface area contributed by atoms with Crippen LogP contribution < -0.4 is 10.6 Å². The fraction of sp³-hybridized carbons (Fsp3) is 0.412. The Morgan fingerprint density at radius 1 is 1.26 bits per heavy atom. The van der Waals surface area contributed by atoms with Gasteiger partial charge in [0.25, 0.3) is 0 Å². The van der Waals surface area contributed by atoms with Gasteiger partial charge < -0.3 is 10.6 Å². The fourth-order valence-corrected chi connectivity index (χ4v) is 2.72. The third-order valence-electron chi connectivity index (χ3n) is 4.26. The molecule has 1 amide bonds.